The highest BCUT2D eigenvalue weighted by molar-refractivity contribution is 5.97. The van der Waals surface area contributed by atoms with E-state index in [0.29, 0.717) is 6.07 Å². The second-order valence-corrected chi connectivity index (χ2v) is 4.41. The number of nitrogens with two attached hydrogens (primary N) is 1. The Labute approximate surface area is 118 Å². The summed E-state index contributed by atoms with van der Waals surface area (Å²) in [6, 6.07) is 1.59. The van der Waals surface area contributed by atoms with Crippen LogP contribution in [0.4, 0.5) is 19.0 Å². The number of hydrogen-bond acceptors (Lipinski definition) is 4. The zero-order valence-corrected chi connectivity index (χ0v) is 11.1. The van der Waals surface area contributed by atoms with Gasteiger partial charge in [-0.3, -0.25) is 9.59 Å². The predicted molar refractivity (Wildman–Crippen MR) is 67.7 cm³/mol. The lowest BCUT2D eigenvalue weighted by Gasteiger charge is -2.13. The lowest BCUT2D eigenvalue weighted by atomic mass is 10.1. The van der Waals surface area contributed by atoms with E-state index in [-0.39, 0.29) is 24.3 Å². The maximum absolute atomic E-state index is 12.6. The Hall–Kier alpha value is -2.32. The van der Waals surface area contributed by atoms with Gasteiger partial charge < -0.3 is 16.2 Å². The van der Waals surface area contributed by atoms with Crippen LogP contribution in [-0.2, 0) is 11.0 Å². The molecule has 4 N–H and O–H groups in total. The van der Waals surface area contributed by atoms with E-state index in [4.69, 9.17) is 10.8 Å². The summed E-state index contributed by atoms with van der Waals surface area (Å²) >= 11 is 0. The van der Waals surface area contributed by atoms with E-state index in [9.17, 15) is 22.8 Å². The Morgan fingerprint density at radius 1 is 1.43 bits per heavy atom. The van der Waals surface area contributed by atoms with Crippen molar-refractivity contribution in [1.29, 1.82) is 0 Å². The van der Waals surface area contributed by atoms with Crippen molar-refractivity contribution in [3.05, 3.63) is 23.4 Å². The predicted octanol–water partition coefficient (Wildman–Crippen LogP) is 1.72. The van der Waals surface area contributed by atoms with Gasteiger partial charge in [-0.05, 0) is 18.6 Å². The smallest absolute Gasteiger partial charge is 0.433 e. The van der Waals surface area contributed by atoms with Crippen molar-refractivity contribution < 1.29 is 27.9 Å². The average molecular weight is 305 g/mol. The number of rotatable bonds is 6. The SMILES string of the molecule is CC(CCNc1nc(C(F)(F)F)ccc1C(N)=O)C(=O)O. The Bertz CT molecular complexity index is 546. The van der Waals surface area contributed by atoms with E-state index in [0.717, 1.165) is 6.07 Å². The minimum Gasteiger partial charge on any atom is -0.481 e. The molecule has 1 heterocycles. The van der Waals surface area contributed by atoms with Crippen molar-refractivity contribution in [2.75, 3.05) is 11.9 Å². The second-order valence-electron chi connectivity index (χ2n) is 4.41. The van der Waals surface area contributed by atoms with Crippen molar-refractivity contribution in [3.8, 4) is 0 Å². The summed E-state index contributed by atoms with van der Waals surface area (Å²) in [7, 11) is 0. The van der Waals surface area contributed by atoms with Crippen LogP contribution in [0.5, 0.6) is 0 Å². The summed E-state index contributed by atoms with van der Waals surface area (Å²) in [5.74, 6) is -2.94. The fraction of sp³-hybridized carbons (Fsp3) is 0.417. The monoisotopic (exact) mass is 305 g/mol. The van der Waals surface area contributed by atoms with E-state index < -0.39 is 29.7 Å². The number of aliphatic carboxylic acids is 1. The van der Waals surface area contributed by atoms with Crippen LogP contribution in [0.1, 0.15) is 29.4 Å². The molecule has 9 heteroatoms. The van der Waals surface area contributed by atoms with Crippen LogP contribution >= 0.6 is 0 Å². The largest absolute Gasteiger partial charge is 0.481 e. The first-order valence-corrected chi connectivity index (χ1v) is 5.97. The normalized spacial score (nSPS) is 12.8. The van der Waals surface area contributed by atoms with Crippen LogP contribution < -0.4 is 11.1 Å². The molecular formula is C12H14F3N3O3. The number of nitrogens with one attached hydrogen (secondary N) is 1. The number of carbonyl (C=O) groups is 2. The lowest BCUT2D eigenvalue weighted by molar-refractivity contribution is -0.141. The number of nitrogens with zero attached hydrogens (tertiary/aromatic N) is 1. The molecule has 1 aromatic rings. The molecule has 0 spiro atoms. The fourth-order valence-corrected chi connectivity index (χ4v) is 1.48. The number of anilines is 1. The molecule has 1 atom stereocenters. The summed E-state index contributed by atoms with van der Waals surface area (Å²) in [6.45, 7) is 1.50. The number of aromatic nitrogens is 1. The molecule has 1 rings (SSSR count). The number of carboxylic acids is 1. The molecule has 0 aliphatic rings. The summed E-state index contributed by atoms with van der Waals surface area (Å²) in [6.07, 6.45) is -4.49. The third-order valence-electron chi connectivity index (χ3n) is 2.74. The van der Waals surface area contributed by atoms with E-state index in [1.54, 1.807) is 0 Å². The first kappa shape index (κ1) is 16.7. The van der Waals surface area contributed by atoms with Crippen LogP contribution in [0.15, 0.2) is 12.1 Å². The zero-order chi connectivity index (χ0) is 16.2. The second kappa shape index (κ2) is 6.42. The highest BCUT2D eigenvalue weighted by Gasteiger charge is 2.33. The third kappa shape index (κ3) is 4.62. The van der Waals surface area contributed by atoms with Crippen LogP contribution in [0, 0.1) is 5.92 Å². The van der Waals surface area contributed by atoms with Gasteiger partial charge in [0.2, 0.25) is 0 Å². The van der Waals surface area contributed by atoms with Crippen LogP contribution in [-0.4, -0.2) is 28.5 Å². The van der Waals surface area contributed by atoms with Gasteiger partial charge in [0.05, 0.1) is 11.5 Å². The molecule has 0 saturated heterocycles. The molecule has 0 aliphatic heterocycles. The Balaban J connectivity index is 2.92. The van der Waals surface area contributed by atoms with Crippen molar-refractivity contribution in [2.24, 2.45) is 11.7 Å². The maximum Gasteiger partial charge on any atom is 0.433 e. The number of alkyl halides is 3. The molecule has 1 aromatic heterocycles. The van der Waals surface area contributed by atoms with Crippen molar-refractivity contribution in [3.63, 3.8) is 0 Å². The minimum atomic E-state index is -4.65. The Morgan fingerprint density at radius 3 is 2.52 bits per heavy atom. The van der Waals surface area contributed by atoms with Gasteiger partial charge >= 0.3 is 12.1 Å². The summed E-state index contributed by atoms with van der Waals surface area (Å²) in [4.78, 5) is 25.1. The molecule has 0 aliphatic carbocycles. The van der Waals surface area contributed by atoms with Crippen LogP contribution in [0.3, 0.4) is 0 Å². The first-order chi connectivity index (χ1) is 9.62. The van der Waals surface area contributed by atoms with Crippen molar-refractivity contribution in [2.45, 2.75) is 19.5 Å². The van der Waals surface area contributed by atoms with E-state index in [1.807, 2.05) is 0 Å². The highest BCUT2D eigenvalue weighted by Crippen LogP contribution is 2.29. The molecule has 116 valence electrons. The molecule has 0 aromatic carbocycles. The fourth-order valence-electron chi connectivity index (χ4n) is 1.48. The topological polar surface area (TPSA) is 105 Å². The molecule has 0 fully saturated rings. The van der Waals surface area contributed by atoms with Gasteiger partial charge in [0.1, 0.15) is 11.5 Å². The van der Waals surface area contributed by atoms with Gasteiger partial charge in [-0.25, -0.2) is 4.98 Å². The van der Waals surface area contributed by atoms with Gasteiger partial charge in [-0.15, -0.1) is 0 Å². The number of carbonyl (C=O) groups excluding carboxylic acids is 1. The average Bonchev–Trinajstić information content (AvgIpc) is 2.36. The molecule has 1 unspecified atom stereocenters. The molecule has 6 nitrogen and oxygen atoms in total. The highest BCUT2D eigenvalue weighted by atomic mass is 19.4. The van der Waals surface area contributed by atoms with Gasteiger partial charge in [-0.1, -0.05) is 6.92 Å². The molecule has 21 heavy (non-hydrogen) atoms. The van der Waals surface area contributed by atoms with Crippen LogP contribution in [0.25, 0.3) is 0 Å². The Kier molecular flexibility index (Phi) is 5.12. The zero-order valence-electron chi connectivity index (χ0n) is 11.1. The van der Waals surface area contributed by atoms with E-state index >= 15 is 0 Å². The molecule has 1 amide bonds. The number of carboxylic acid groups (broad SMARTS) is 1. The molecule has 0 radical (unpaired) electrons. The van der Waals surface area contributed by atoms with Crippen molar-refractivity contribution >= 4 is 17.7 Å². The number of halogens is 3. The number of amides is 1. The van der Waals surface area contributed by atoms with E-state index in [1.165, 1.54) is 6.92 Å². The minimum absolute atomic E-state index is 0.0437. The van der Waals surface area contributed by atoms with Gasteiger partial charge in [-0.2, -0.15) is 13.2 Å². The maximum atomic E-state index is 12.6. The van der Waals surface area contributed by atoms with E-state index in [2.05, 4.69) is 10.3 Å². The quantitative estimate of drug-likeness (QED) is 0.742. The van der Waals surface area contributed by atoms with Gasteiger partial charge in [0, 0.05) is 6.54 Å². The molecule has 0 saturated carbocycles. The first-order valence-electron chi connectivity index (χ1n) is 5.97. The molecular weight excluding hydrogens is 291 g/mol. The van der Waals surface area contributed by atoms with Crippen LogP contribution in [0.2, 0.25) is 0 Å². The summed E-state index contributed by atoms with van der Waals surface area (Å²) in [5, 5.41) is 11.2. The van der Waals surface area contributed by atoms with Gasteiger partial charge in [0.15, 0.2) is 0 Å². The Morgan fingerprint density at radius 2 is 2.05 bits per heavy atom. The summed E-state index contributed by atoms with van der Waals surface area (Å²) < 4.78 is 37.7. The standard InChI is InChI=1S/C12H14F3N3O3/c1-6(11(20)21)4-5-17-10-7(9(16)19)2-3-8(18-10)12(13,14)15/h2-3,6H,4-5H2,1H3,(H2,16,19)(H,17,18)(H,20,21). The van der Waals surface area contributed by atoms with Gasteiger partial charge in [0.25, 0.3) is 5.91 Å². The number of hydrogen-bond donors (Lipinski definition) is 3. The number of pyridine rings is 1. The molecule has 0 bridgehead atoms. The third-order valence-corrected chi connectivity index (χ3v) is 2.74. The lowest BCUT2D eigenvalue weighted by Crippen LogP contribution is -2.20. The van der Waals surface area contributed by atoms with Crippen molar-refractivity contribution in [1.82, 2.24) is 4.98 Å². The summed E-state index contributed by atoms with van der Waals surface area (Å²) in [5.41, 5.74) is 3.70. The number of primary amides is 1.